The Labute approximate surface area is 114 Å². The van der Waals surface area contributed by atoms with Crippen LogP contribution in [0.1, 0.15) is 39.5 Å². The predicted octanol–water partition coefficient (Wildman–Crippen LogP) is 4.42. The Hall–Kier alpha value is -0.157. The van der Waals surface area contributed by atoms with Crippen molar-refractivity contribution in [1.82, 2.24) is 0 Å². The summed E-state index contributed by atoms with van der Waals surface area (Å²) in [5, 5.41) is 0. The summed E-state index contributed by atoms with van der Waals surface area (Å²) >= 11 is 0. The third kappa shape index (κ3) is 16.5. The van der Waals surface area contributed by atoms with Gasteiger partial charge in [-0.25, -0.2) is 24.3 Å². The maximum absolute atomic E-state index is 2.99. The summed E-state index contributed by atoms with van der Waals surface area (Å²) in [6, 6.07) is 0. The van der Waals surface area contributed by atoms with E-state index in [-0.39, 0.29) is 26.2 Å². The molecule has 0 saturated heterocycles. The van der Waals surface area contributed by atoms with Crippen LogP contribution in [-0.4, -0.2) is 0 Å². The van der Waals surface area contributed by atoms with Gasteiger partial charge in [-0.15, -0.1) is 12.8 Å². The summed E-state index contributed by atoms with van der Waals surface area (Å²) in [6.07, 6.45) is 22.6. The van der Waals surface area contributed by atoms with Crippen LogP contribution in [0.4, 0.5) is 0 Å². The van der Waals surface area contributed by atoms with E-state index >= 15 is 0 Å². The minimum Gasteiger partial charge on any atom is -0.273 e. The topological polar surface area (TPSA) is 0 Å². The molecule has 0 aromatic rings. The zero-order chi connectivity index (χ0) is 10.5. The van der Waals surface area contributed by atoms with E-state index in [0.717, 1.165) is 12.8 Å². The molecule has 15 heavy (non-hydrogen) atoms. The van der Waals surface area contributed by atoms with Gasteiger partial charge >= 0.3 is 26.2 Å². The van der Waals surface area contributed by atoms with Gasteiger partial charge in [0.2, 0.25) is 0 Å². The minimum absolute atomic E-state index is 0. The smallest absolute Gasteiger partial charge is 0.273 e. The molecule has 2 aliphatic carbocycles. The second-order valence-corrected chi connectivity index (χ2v) is 3.01. The van der Waals surface area contributed by atoms with Crippen molar-refractivity contribution in [3.63, 3.8) is 0 Å². The molecule has 0 aliphatic heterocycles. The molecule has 0 saturated carbocycles. The van der Waals surface area contributed by atoms with Crippen molar-refractivity contribution in [2.24, 2.45) is 0 Å². The average Bonchev–Trinajstić information content (AvgIpc) is 2.94. The van der Waals surface area contributed by atoms with Gasteiger partial charge in [-0.3, -0.25) is 12.2 Å². The molecular weight excluding hydrogens is 259 g/mol. The van der Waals surface area contributed by atoms with Gasteiger partial charge in [0.25, 0.3) is 0 Å². The summed E-state index contributed by atoms with van der Waals surface area (Å²) in [6.45, 7) is 4.36. The summed E-state index contributed by atoms with van der Waals surface area (Å²) in [4.78, 5) is 0. The number of hydrogen-bond donors (Lipinski definition) is 0. The van der Waals surface area contributed by atoms with Crippen LogP contribution < -0.4 is 0 Å². The van der Waals surface area contributed by atoms with Crippen molar-refractivity contribution < 1.29 is 26.2 Å². The van der Waals surface area contributed by atoms with Crippen molar-refractivity contribution in [1.29, 1.82) is 0 Å². The predicted molar refractivity (Wildman–Crippen MR) is 63.7 cm³/mol. The third-order valence-electron chi connectivity index (χ3n) is 1.67. The minimum atomic E-state index is 0. The van der Waals surface area contributed by atoms with E-state index in [0.29, 0.717) is 0 Å². The van der Waals surface area contributed by atoms with Crippen molar-refractivity contribution in [3.8, 4) is 0 Å². The Morgan fingerprint density at radius 1 is 0.867 bits per heavy atom. The van der Waals surface area contributed by atoms with Gasteiger partial charge in [0.1, 0.15) is 0 Å². The van der Waals surface area contributed by atoms with Crippen molar-refractivity contribution >= 4 is 0 Å². The first-order valence-corrected chi connectivity index (χ1v) is 5.35. The maximum Gasteiger partial charge on any atom is 2.00 e. The van der Waals surface area contributed by atoms with Gasteiger partial charge in [-0.05, 0) is 0 Å². The van der Waals surface area contributed by atoms with Crippen LogP contribution >= 0.6 is 0 Å². The van der Waals surface area contributed by atoms with Crippen LogP contribution in [0.15, 0.2) is 36.5 Å². The van der Waals surface area contributed by atoms with E-state index in [2.05, 4.69) is 38.2 Å². The molecule has 0 bridgehead atoms. The zero-order valence-electron chi connectivity index (χ0n) is 9.79. The van der Waals surface area contributed by atoms with E-state index in [1.54, 1.807) is 0 Å². The van der Waals surface area contributed by atoms with Crippen molar-refractivity contribution in [2.45, 2.75) is 39.5 Å². The quantitative estimate of drug-likeness (QED) is 0.624. The summed E-state index contributed by atoms with van der Waals surface area (Å²) in [5.41, 5.74) is 0. The van der Waals surface area contributed by atoms with Gasteiger partial charge in [0.15, 0.2) is 0 Å². The number of rotatable bonds is 1. The molecule has 80 valence electrons. The summed E-state index contributed by atoms with van der Waals surface area (Å²) < 4.78 is 0. The molecule has 0 nitrogen and oxygen atoms in total. The fourth-order valence-corrected chi connectivity index (χ4v) is 0.680. The third-order valence-corrected chi connectivity index (χ3v) is 1.67. The fourth-order valence-electron chi connectivity index (χ4n) is 0.680. The molecule has 0 spiro atoms. The van der Waals surface area contributed by atoms with Gasteiger partial charge in [0, 0.05) is 0 Å². The number of unbranched alkanes of at least 4 members (excludes halogenated alkanes) is 1. The van der Waals surface area contributed by atoms with Gasteiger partial charge in [-0.1, -0.05) is 26.7 Å². The van der Waals surface area contributed by atoms with E-state index in [1.807, 2.05) is 24.3 Å². The molecule has 2 rings (SSSR count). The largest absolute Gasteiger partial charge is 2.00 e. The first kappa shape index (κ1) is 17.2. The van der Waals surface area contributed by atoms with Crippen LogP contribution in [0.3, 0.4) is 0 Å². The molecular formula is C14H20Zr. The zero-order valence-corrected chi connectivity index (χ0v) is 12.3. The Morgan fingerprint density at radius 2 is 1.27 bits per heavy atom. The van der Waals surface area contributed by atoms with Gasteiger partial charge in [-0.2, -0.15) is 12.2 Å². The van der Waals surface area contributed by atoms with Crippen LogP contribution in [0, 0.1) is 12.2 Å². The van der Waals surface area contributed by atoms with Crippen LogP contribution in [0.25, 0.3) is 0 Å². The monoisotopic (exact) mass is 278 g/mol. The first-order valence-electron chi connectivity index (χ1n) is 5.35. The Morgan fingerprint density at radius 3 is 1.33 bits per heavy atom. The molecule has 0 heterocycles. The van der Waals surface area contributed by atoms with Crippen LogP contribution in [-0.2, 0) is 26.2 Å². The Kier molecular flexibility index (Phi) is 18.7. The Balaban J connectivity index is 0. The molecule has 0 unspecified atom stereocenters. The molecule has 2 aliphatic rings. The standard InChI is InChI=1S/2C5H5.C4H10.Zr/c2*1-2-4-5-3-1;1-3-4-2;/h2*1-3H,4H2;3-4H2,1-2H3;/q2*-1;;+2. The average molecular weight is 280 g/mol. The van der Waals surface area contributed by atoms with Crippen LogP contribution in [0.5, 0.6) is 0 Å². The SMILES string of the molecule is CCCC.[C-]1=CC=CC1.[C-]1=CC=CC1.[Zr+2]. The molecule has 0 aromatic carbocycles. The van der Waals surface area contributed by atoms with Gasteiger partial charge < -0.3 is 0 Å². The number of allylic oxidation sites excluding steroid dienone is 8. The molecule has 0 N–H and O–H groups in total. The molecule has 0 radical (unpaired) electrons. The van der Waals surface area contributed by atoms with E-state index < -0.39 is 0 Å². The molecule has 0 amide bonds. The van der Waals surface area contributed by atoms with E-state index in [9.17, 15) is 0 Å². The van der Waals surface area contributed by atoms with Crippen molar-refractivity contribution in [2.75, 3.05) is 0 Å². The maximum atomic E-state index is 2.99. The second kappa shape index (κ2) is 16.3. The molecule has 0 aromatic heterocycles. The van der Waals surface area contributed by atoms with E-state index in [1.165, 1.54) is 12.8 Å². The van der Waals surface area contributed by atoms with Gasteiger partial charge in [0.05, 0.1) is 0 Å². The molecule has 1 heteroatoms. The van der Waals surface area contributed by atoms with E-state index in [4.69, 9.17) is 0 Å². The van der Waals surface area contributed by atoms with Crippen molar-refractivity contribution in [3.05, 3.63) is 48.6 Å². The fraction of sp³-hybridized carbons (Fsp3) is 0.429. The normalized spacial score (nSPS) is 13.7. The second-order valence-electron chi connectivity index (χ2n) is 3.01. The number of hydrogen-bond acceptors (Lipinski definition) is 0. The molecule has 0 atom stereocenters. The first-order chi connectivity index (χ1) is 6.91. The van der Waals surface area contributed by atoms with Crippen LogP contribution in [0.2, 0.25) is 0 Å². The molecule has 0 fully saturated rings. The summed E-state index contributed by atoms with van der Waals surface area (Å²) in [5.74, 6) is 0. The Bertz CT molecular complexity index is 165. The summed E-state index contributed by atoms with van der Waals surface area (Å²) in [7, 11) is 0.